The largest absolute Gasteiger partial charge is 0.447 e. The zero-order valence-electron chi connectivity index (χ0n) is 13.2. The lowest BCUT2D eigenvalue weighted by molar-refractivity contribution is 0.0754. The predicted octanol–water partition coefficient (Wildman–Crippen LogP) is 4.13. The summed E-state index contributed by atoms with van der Waals surface area (Å²) in [5.74, 6) is -0.0161. The van der Waals surface area contributed by atoms with Crippen LogP contribution in [0.25, 0.3) is 0 Å². The van der Waals surface area contributed by atoms with Gasteiger partial charge in [-0.3, -0.25) is 9.69 Å². The number of cyclic esters (lactones) is 1. The van der Waals surface area contributed by atoms with Crippen molar-refractivity contribution in [2.75, 3.05) is 24.6 Å². The minimum Gasteiger partial charge on any atom is -0.447 e. The lowest BCUT2D eigenvalue weighted by Crippen LogP contribution is -2.30. The van der Waals surface area contributed by atoms with E-state index in [9.17, 15) is 9.59 Å². The van der Waals surface area contributed by atoms with Crippen LogP contribution in [-0.4, -0.2) is 36.6 Å². The smallest absolute Gasteiger partial charge is 0.414 e. The summed E-state index contributed by atoms with van der Waals surface area (Å²) in [4.78, 5) is 28.8. The molecule has 0 spiro atoms. The SMILES string of the molecule is CCN(Cc1ccc(Br)s1)C(=O)c1ccc(N2CCOC2=O)cc1. The average Bonchev–Trinajstić information content (AvgIpc) is 3.20. The highest BCUT2D eigenvalue weighted by Crippen LogP contribution is 2.24. The van der Waals surface area contributed by atoms with Gasteiger partial charge < -0.3 is 9.64 Å². The Kier molecular flexibility index (Phi) is 5.20. The first kappa shape index (κ1) is 17.0. The van der Waals surface area contributed by atoms with Crippen LogP contribution in [0.5, 0.6) is 0 Å². The maximum atomic E-state index is 12.7. The Labute approximate surface area is 153 Å². The second kappa shape index (κ2) is 7.36. The van der Waals surface area contributed by atoms with E-state index in [1.54, 1.807) is 45.4 Å². The number of thiophene rings is 1. The lowest BCUT2D eigenvalue weighted by atomic mass is 10.1. The number of carbonyl (C=O) groups excluding carboxylic acids is 2. The van der Waals surface area contributed by atoms with Gasteiger partial charge in [0.25, 0.3) is 5.91 Å². The van der Waals surface area contributed by atoms with Crippen molar-refractivity contribution < 1.29 is 14.3 Å². The molecule has 126 valence electrons. The van der Waals surface area contributed by atoms with E-state index in [2.05, 4.69) is 15.9 Å². The summed E-state index contributed by atoms with van der Waals surface area (Å²) in [7, 11) is 0. The van der Waals surface area contributed by atoms with Crippen LogP contribution in [0.4, 0.5) is 10.5 Å². The second-order valence-corrected chi connectivity index (χ2v) is 7.89. The Morgan fingerprint density at radius 1 is 1.29 bits per heavy atom. The fourth-order valence-electron chi connectivity index (χ4n) is 2.55. The number of amides is 2. The zero-order valence-corrected chi connectivity index (χ0v) is 15.6. The molecule has 0 atom stereocenters. The Morgan fingerprint density at radius 3 is 2.58 bits per heavy atom. The molecule has 1 aliphatic heterocycles. The molecular formula is C17H17BrN2O3S. The first-order chi connectivity index (χ1) is 11.6. The van der Waals surface area contributed by atoms with Crippen molar-refractivity contribution in [2.45, 2.75) is 13.5 Å². The highest BCUT2D eigenvalue weighted by atomic mass is 79.9. The van der Waals surface area contributed by atoms with Crippen LogP contribution >= 0.6 is 27.3 Å². The number of rotatable bonds is 5. The molecule has 1 aromatic carbocycles. The summed E-state index contributed by atoms with van der Waals surface area (Å²) in [6.45, 7) is 4.13. The van der Waals surface area contributed by atoms with Crippen LogP contribution in [0.3, 0.4) is 0 Å². The first-order valence-corrected chi connectivity index (χ1v) is 9.27. The predicted molar refractivity (Wildman–Crippen MR) is 97.6 cm³/mol. The molecular weight excluding hydrogens is 392 g/mol. The lowest BCUT2D eigenvalue weighted by Gasteiger charge is -2.20. The number of ether oxygens (including phenoxy) is 1. The quantitative estimate of drug-likeness (QED) is 0.746. The summed E-state index contributed by atoms with van der Waals surface area (Å²) in [6.07, 6.45) is -0.340. The molecule has 0 bridgehead atoms. The summed E-state index contributed by atoms with van der Waals surface area (Å²) in [5.41, 5.74) is 1.36. The van der Waals surface area contributed by atoms with E-state index in [0.717, 1.165) is 14.4 Å². The van der Waals surface area contributed by atoms with Gasteiger partial charge in [0.05, 0.1) is 16.9 Å². The van der Waals surface area contributed by atoms with Crippen molar-refractivity contribution in [3.8, 4) is 0 Å². The molecule has 0 N–H and O–H groups in total. The van der Waals surface area contributed by atoms with E-state index in [1.807, 2.05) is 19.1 Å². The third-order valence-corrected chi connectivity index (χ3v) is 5.44. The molecule has 0 unspecified atom stereocenters. The Bertz CT molecular complexity index is 745. The van der Waals surface area contributed by atoms with Gasteiger partial charge in [0.2, 0.25) is 0 Å². The van der Waals surface area contributed by atoms with Crippen molar-refractivity contribution in [3.05, 3.63) is 50.6 Å². The van der Waals surface area contributed by atoms with Crippen molar-refractivity contribution in [3.63, 3.8) is 0 Å². The van der Waals surface area contributed by atoms with Gasteiger partial charge in [0, 0.05) is 22.7 Å². The van der Waals surface area contributed by atoms with E-state index in [0.29, 0.717) is 31.8 Å². The monoisotopic (exact) mass is 408 g/mol. The molecule has 0 saturated carbocycles. The van der Waals surface area contributed by atoms with Crippen LogP contribution in [0, 0.1) is 0 Å². The van der Waals surface area contributed by atoms with Gasteiger partial charge in [-0.05, 0) is 59.3 Å². The fraction of sp³-hybridized carbons (Fsp3) is 0.294. The van der Waals surface area contributed by atoms with Crippen molar-refractivity contribution >= 4 is 45.0 Å². The van der Waals surface area contributed by atoms with E-state index < -0.39 is 0 Å². The standard InChI is InChI=1S/C17H17BrN2O3S/c1-2-19(11-14-7-8-15(18)24-14)16(21)12-3-5-13(6-4-12)20-9-10-23-17(20)22/h3-8H,2,9-11H2,1H3. The number of anilines is 1. The number of benzene rings is 1. The molecule has 3 rings (SSSR count). The maximum Gasteiger partial charge on any atom is 0.414 e. The van der Waals surface area contributed by atoms with Crippen LogP contribution in [0.1, 0.15) is 22.2 Å². The highest BCUT2D eigenvalue weighted by Gasteiger charge is 2.24. The zero-order chi connectivity index (χ0) is 17.1. The third-order valence-electron chi connectivity index (χ3n) is 3.83. The van der Waals surface area contributed by atoms with Crippen molar-refractivity contribution in [1.29, 1.82) is 0 Å². The number of hydrogen-bond acceptors (Lipinski definition) is 4. The molecule has 1 aromatic heterocycles. The molecule has 2 aromatic rings. The maximum absolute atomic E-state index is 12.7. The fourth-order valence-corrected chi connectivity index (χ4v) is 4.05. The van der Waals surface area contributed by atoms with Gasteiger partial charge >= 0.3 is 6.09 Å². The van der Waals surface area contributed by atoms with Gasteiger partial charge in [-0.25, -0.2) is 4.79 Å². The topological polar surface area (TPSA) is 49.9 Å². The van der Waals surface area contributed by atoms with Crippen LogP contribution in [-0.2, 0) is 11.3 Å². The number of carbonyl (C=O) groups is 2. The number of nitrogens with zero attached hydrogens (tertiary/aromatic N) is 2. The van der Waals surface area contributed by atoms with E-state index in [4.69, 9.17) is 4.74 Å². The molecule has 1 fully saturated rings. The minimum atomic E-state index is -0.340. The molecule has 1 aliphatic rings. The van der Waals surface area contributed by atoms with Crippen LogP contribution in [0.2, 0.25) is 0 Å². The number of hydrogen-bond donors (Lipinski definition) is 0. The van der Waals surface area contributed by atoms with Crippen LogP contribution < -0.4 is 4.90 Å². The van der Waals surface area contributed by atoms with E-state index >= 15 is 0 Å². The second-order valence-electron chi connectivity index (χ2n) is 5.34. The molecule has 2 heterocycles. The van der Waals surface area contributed by atoms with Gasteiger partial charge in [0.1, 0.15) is 6.61 Å². The van der Waals surface area contributed by atoms with E-state index in [-0.39, 0.29) is 12.0 Å². The summed E-state index contributed by atoms with van der Waals surface area (Å²) in [6, 6.07) is 11.1. The Balaban J connectivity index is 1.72. The summed E-state index contributed by atoms with van der Waals surface area (Å²) >= 11 is 5.07. The van der Waals surface area contributed by atoms with Gasteiger partial charge in [0.15, 0.2) is 0 Å². The first-order valence-electron chi connectivity index (χ1n) is 7.66. The average molecular weight is 409 g/mol. The molecule has 0 radical (unpaired) electrons. The molecule has 2 amide bonds. The summed E-state index contributed by atoms with van der Waals surface area (Å²) in [5, 5.41) is 0. The van der Waals surface area contributed by atoms with Gasteiger partial charge in [-0.2, -0.15) is 0 Å². The Morgan fingerprint density at radius 2 is 2.04 bits per heavy atom. The molecule has 24 heavy (non-hydrogen) atoms. The molecule has 1 saturated heterocycles. The van der Waals surface area contributed by atoms with Crippen LogP contribution in [0.15, 0.2) is 40.2 Å². The van der Waals surface area contributed by atoms with Gasteiger partial charge in [-0.15, -0.1) is 11.3 Å². The van der Waals surface area contributed by atoms with Crippen molar-refractivity contribution in [2.24, 2.45) is 0 Å². The molecule has 7 heteroatoms. The highest BCUT2D eigenvalue weighted by molar-refractivity contribution is 9.11. The number of halogens is 1. The normalized spacial score (nSPS) is 13.9. The Hall–Kier alpha value is -1.86. The van der Waals surface area contributed by atoms with E-state index in [1.165, 1.54) is 0 Å². The van der Waals surface area contributed by atoms with Gasteiger partial charge in [-0.1, -0.05) is 0 Å². The molecule has 0 aliphatic carbocycles. The minimum absolute atomic E-state index is 0.0161. The molecule has 5 nitrogen and oxygen atoms in total. The third kappa shape index (κ3) is 3.62. The van der Waals surface area contributed by atoms with Crippen molar-refractivity contribution in [1.82, 2.24) is 4.90 Å². The summed E-state index contributed by atoms with van der Waals surface area (Å²) < 4.78 is 5.99.